The van der Waals surface area contributed by atoms with Gasteiger partial charge in [-0.05, 0) is 31.4 Å². The molecule has 1 fully saturated rings. The Labute approximate surface area is 148 Å². The third kappa shape index (κ3) is 7.99. The van der Waals surface area contributed by atoms with Crippen molar-refractivity contribution in [2.24, 2.45) is 5.92 Å². The average molecular weight is 355 g/mol. The van der Waals surface area contributed by atoms with E-state index in [4.69, 9.17) is 9.84 Å². The molecule has 1 aromatic carbocycles. The average Bonchev–Trinajstić information content (AvgIpc) is 3.37. The molecule has 1 aliphatic heterocycles. The maximum atomic E-state index is 11.4. The fraction of sp³-hybridized carbons (Fsp3) is 0.526. The summed E-state index contributed by atoms with van der Waals surface area (Å²) in [4.78, 5) is 11.4. The number of carbonyl (C=O) groups is 1. The van der Waals surface area contributed by atoms with E-state index in [1.54, 1.807) is 6.07 Å². The Kier molecular flexibility index (Phi) is 10.5. The molecule has 1 unspecified atom stereocenters. The molecule has 0 radical (unpaired) electrons. The fourth-order valence-electron chi connectivity index (χ4n) is 1.88. The number of hydrogen-bond donors (Lipinski definition) is 2. The van der Waals surface area contributed by atoms with Crippen LogP contribution in [-0.4, -0.2) is 17.6 Å². The van der Waals surface area contributed by atoms with Crippen molar-refractivity contribution in [1.82, 2.24) is 0 Å². The van der Waals surface area contributed by atoms with Gasteiger partial charge in [-0.1, -0.05) is 45.2 Å². The molecule has 1 heterocycles. The van der Waals surface area contributed by atoms with Gasteiger partial charge in [0.1, 0.15) is 0 Å². The van der Waals surface area contributed by atoms with Gasteiger partial charge in [0.15, 0.2) is 6.10 Å². The van der Waals surface area contributed by atoms with Crippen LogP contribution in [0.2, 0.25) is 0 Å². The Bertz CT molecular complexity index is 602. The highest BCUT2D eigenvalue weighted by Gasteiger charge is 2.26. The lowest BCUT2D eigenvalue weighted by atomic mass is 10.0. The van der Waals surface area contributed by atoms with Gasteiger partial charge in [0, 0.05) is 11.5 Å². The number of amides is 1. The monoisotopic (exact) mass is 355 g/mol. The lowest BCUT2D eigenvalue weighted by Crippen LogP contribution is -2.24. The van der Waals surface area contributed by atoms with E-state index in [1.807, 2.05) is 26.0 Å². The number of hydrogen-bond acceptors (Lipinski definition) is 3. The predicted molar refractivity (Wildman–Crippen MR) is 95.5 cm³/mol. The van der Waals surface area contributed by atoms with Gasteiger partial charge in [0.2, 0.25) is 6.43 Å². The summed E-state index contributed by atoms with van der Waals surface area (Å²) in [6.07, 6.45) is -0.875. The first-order chi connectivity index (χ1) is 11.5. The number of carbonyl (C=O) groups excluding carboxylic acids is 1. The van der Waals surface area contributed by atoms with Crippen molar-refractivity contribution in [3.05, 3.63) is 29.3 Å². The number of benzene rings is 1. The van der Waals surface area contributed by atoms with Crippen molar-refractivity contribution >= 4 is 11.8 Å². The second kappa shape index (κ2) is 11.4. The summed E-state index contributed by atoms with van der Waals surface area (Å²) >= 11 is 0. The van der Waals surface area contributed by atoms with Gasteiger partial charge < -0.3 is 9.84 Å². The highest BCUT2D eigenvalue weighted by molar-refractivity contribution is 5.88. The minimum atomic E-state index is -2.17. The quantitative estimate of drug-likeness (QED) is 0.687. The molecule has 0 spiro atoms. The molecule has 25 heavy (non-hydrogen) atoms. The maximum absolute atomic E-state index is 11.4. The third-order valence-corrected chi connectivity index (χ3v) is 3.04. The Morgan fingerprint density at radius 2 is 1.92 bits per heavy atom. The van der Waals surface area contributed by atoms with Gasteiger partial charge in [-0.15, -0.1) is 0 Å². The molecule has 3 rings (SSSR count). The van der Waals surface area contributed by atoms with E-state index < -0.39 is 18.6 Å². The van der Waals surface area contributed by atoms with E-state index in [-0.39, 0.29) is 14.0 Å². The second-order valence-corrected chi connectivity index (χ2v) is 5.07. The maximum Gasteiger partial charge on any atom is 0.413 e. The molecule has 0 saturated heterocycles. The molecule has 1 aromatic rings. The molecule has 2 aliphatic rings. The van der Waals surface area contributed by atoms with Crippen LogP contribution in [-0.2, 0) is 11.3 Å². The molecule has 4 nitrogen and oxygen atoms in total. The van der Waals surface area contributed by atoms with Crippen LogP contribution in [0.25, 0.3) is 0 Å². The molecule has 6 heteroatoms. The van der Waals surface area contributed by atoms with E-state index in [1.165, 1.54) is 0 Å². The van der Waals surface area contributed by atoms with Crippen LogP contribution in [0.15, 0.2) is 18.2 Å². The van der Waals surface area contributed by atoms with Crippen LogP contribution in [0.3, 0.4) is 0 Å². The van der Waals surface area contributed by atoms with E-state index in [9.17, 15) is 13.6 Å². The molecular formula is C19H27F2NO3. The molecule has 0 aromatic heterocycles. The van der Waals surface area contributed by atoms with Gasteiger partial charge in [-0.2, -0.15) is 0 Å². The number of cyclic esters (lactones) is 1. The Morgan fingerprint density at radius 3 is 2.44 bits per heavy atom. The van der Waals surface area contributed by atoms with Crippen molar-refractivity contribution in [2.75, 3.05) is 5.32 Å². The smallest absolute Gasteiger partial charge is 0.413 e. The first-order valence-electron chi connectivity index (χ1n) is 8.00. The van der Waals surface area contributed by atoms with Crippen LogP contribution in [0.5, 0.6) is 0 Å². The van der Waals surface area contributed by atoms with Crippen LogP contribution in [0.4, 0.5) is 19.3 Å². The van der Waals surface area contributed by atoms with Crippen LogP contribution in [0, 0.1) is 17.8 Å². The number of alkyl halides is 2. The van der Waals surface area contributed by atoms with Crippen molar-refractivity contribution in [3.63, 3.8) is 0 Å². The zero-order valence-corrected chi connectivity index (χ0v) is 14.1. The standard InChI is InChI=1S/C14H13NO3.C2H4F2.C2H6.CH4/c16-8-10-3-5-11-12(7-10)15-14(17)18-13(11)6-4-9-1-2-9;1-2(3)4;1-2;/h3,5,7,9,13,16H,1-2,8H2,(H,15,17);2H,1H3;1-2H3;1H4. The normalized spacial score (nSPS) is 16.9. The summed E-state index contributed by atoms with van der Waals surface area (Å²) in [5.41, 5.74) is 2.28. The molecular weight excluding hydrogens is 328 g/mol. The zero-order chi connectivity index (χ0) is 18.1. The SMILES string of the molecule is C.CC.CC(F)F.O=C1Nc2cc(CO)ccc2C(C#CC2CC2)O1. The van der Waals surface area contributed by atoms with E-state index in [0.717, 1.165) is 30.9 Å². The second-order valence-electron chi connectivity index (χ2n) is 5.07. The number of fused-ring (bicyclic) bond motifs is 1. The number of aliphatic hydroxyl groups is 1. The largest absolute Gasteiger partial charge is 0.428 e. The first kappa shape index (κ1) is 22.9. The summed E-state index contributed by atoms with van der Waals surface area (Å²) in [5, 5.41) is 11.7. The molecule has 140 valence electrons. The highest BCUT2D eigenvalue weighted by atomic mass is 19.3. The molecule has 0 bridgehead atoms. The van der Waals surface area contributed by atoms with Crippen LogP contribution >= 0.6 is 0 Å². The van der Waals surface area contributed by atoms with Crippen LogP contribution in [0.1, 0.15) is 58.3 Å². The molecule has 1 aliphatic carbocycles. The molecule has 1 amide bonds. The van der Waals surface area contributed by atoms with Gasteiger partial charge in [0.25, 0.3) is 0 Å². The molecule has 1 atom stereocenters. The molecule has 1 saturated carbocycles. The number of aliphatic hydroxyl groups excluding tert-OH is 1. The summed E-state index contributed by atoms with van der Waals surface area (Å²) in [6, 6.07) is 5.40. The van der Waals surface area contributed by atoms with Crippen LogP contribution < -0.4 is 5.32 Å². The van der Waals surface area contributed by atoms with Crippen molar-refractivity contribution in [2.45, 2.75) is 60.2 Å². The van der Waals surface area contributed by atoms with Gasteiger partial charge in [-0.25, -0.2) is 13.6 Å². The summed E-state index contributed by atoms with van der Waals surface area (Å²) in [7, 11) is 0. The van der Waals surface area contributed by atoms with Crippen molar-refractivity contribution < 1.29 is 23.4 Å². The molecule has 2 N–H and O–H groups in total. The Balaban J connectivity index is 0.000000730. The minimum absolute atomic E-state index is 0. The fourth-order valence-corrected chi connectivity index (χ4v) is 1.88. The minimum Gasteiger partial charge on any atom is -0.428 e. The number of halogens is 2. The van der Waals surface area contributed by atoms with Crippen molar-refractivity contribution in [3.8, 4) is 11.8 Å². The van der Waals surface area contributed by atoms with Crippen molar-refractivity contribution in [1.29, 1.82) is 0 Å². The number of anilines is 1. The summed E-state index contributed by atoms with van der Waals surface area (Å²) in [6.45, 7) is 4.78. The number of ether oxygens (including phenoxy) is 1. The first-order valence-corrected chi connectivity index (χ1v) is 8.00. The number of nitrogens with one attached hydrogen (secondary N) is 1. The summed E-state index contributed by atoms with van der Waals surface area (Å²) in [5.74, 6) is 6.60. The lowest BCUT2D eigenvalue weighted by Gasteiger charge is -2.23. The lowest BCUT2D eigenvalue weighted by molar-refractivity contribution is 0.134. The predicted octanol–water partition coefficient (Wildman–Crippen LogP) is 5.13. The van der Waals surface area contributed by atoms with E-state index in [2.05, 4.69) is 17.2 Å². The van der Waals surface area contributed by atoms with Gasteiger partial charge in [-0.3, -0.25) is 5.32 Å². The van der Waals surface area contributed by atoms with E-state index in [0.29, 0.717) is 11.6 Å². The van der Waals surface area contributed by atoms with E-state index >= 15 is 0 Å². The van der Waals surface area contributed by atoms with Gasteiger partial charge in [0.05, 0.1) is 12.3 Å². The topological polar surface area (TPSA) is 58.6 Å². The number of rotatable bonds is 1. The highest BCUT2D eigenvalue weighted by Crippen LogP contribution is 2.32. The summed E-state index contributed by atoms with van der Waals surface area (Å²) < 4.78 is 25.8. The third-order valence-electron chi connectivity index (χ3n) is 3.04. The zero-order valence-electron chi connectivity index (χ0n) is 14.1. The Morgan fingerprint density at radius 1 is 1.32 bits per heavy atom. The Hall–Kier alpha value is -2.13. The van der Waals surface area contributed by atoms with Gasteiger partial charge >= 0.3 is 6.09 Å².